The van der Waals surface area contributed by atoms with Crippen LogP contribution < -0.4 is 16.4 Å². The lowest BCUT2D eigenvalue weighted by atomic mass is 9.91. The van der Waals surface area contributed by atoms with E-state index in [-0.39, 0.29) is 34.9 Å². The number of carbonyl (C=O) groups is 4. The molecular weight excluding hydrogens is 536 g/mol. The van der Waals surface area contributed by atoms with Gasteiger partial charge in [-0.3, -0.25) is 19.2 Å². The summed E-state index contributed by atoms with van der Waals surface area (Å²) in [6.07, 6.45) is 0.823. The first-order valence-corrected chi connectivity index (χ1v) is 14.7. The topological polar surface area (TPSA) is 162 Å². The molecule has 2 aromatic carbocycles. The molecule has 4 amide bonds. The maximum Gasteiger partial charge on any atom is 0.253 e. The van der Waals surface area contributed by atoms with Crippen LogP contribution in [0.5, 0.6) is 0 Å². The highest BCUT2D eigenvalue weighted by Gasteiger charge is 2.34. The third-order valence-corrected chi connectivity index (χ3v) is 7.05. The molecule has 0 aromatic heterocycles. The molecule has 4 atom stereocenters. The molecule has 0 bridgehead atoms. The smallest absolute Gasteiger partial charge is 0.253 e. The van der Waals surface area contributed by atoms with Crippen LogP contribution in [-0.4, -0.2) is 76.1 Å². The molecule has 0 radical (unpaired) electrons. The summed E-state index contributed by atoms with van der Waals surface area (Å²) in [6.45, 7) is 8.28. The number of primary amides is 1. The van der Waals surface area contributed by atoms with E-state index in [4.69, 9.17) is 5.73 Å². The summed E-state index contributed by atoms with van der Waals surface area (Å²) < 4.78 is 0. The normalized spacial score (nSPS) is 13.9. The van der Waals surface area contributed by atoms with Gasteiger partial charge in [-0.2, -0.15) is 0 Å². The minimum absolute atomic E-state index is 0.00410. The Labute approximate surface area is 248 Å². The largest absolute Gasteiger partial charge is 0.388 e. The Morgan fingerprint density at radius 1 is 0.810 bits per heavy atom. The average Bonchev–Trinajstić information content (AvgIpc) is 2.97. The molecule has 230 valence electrons. The number of nitrogens with zero attached hydrogens (tertiary/aromatic N) is 1. The van der Waals surface area contributed by atoms with Gasteiger partial charge in [-0.05, 0) is 49.4 Å². The van der Waals surface area contributed by atoms with E-state index >= 15 is 0 Å². The summed E-state index contributed by atoms with van der Waals surface area (Å²) in [5.74, 6) is -2.10. The Bertz CT molecular complexity index is 1180. The van der Waals surface area contributed by atoms with E-state index in [1.165, 1.54) is 25.1 Å². The molecule has 0 unspecified atom stereocenters. The zero-order chi connectivity index (χ0) is 31.2. The predicted octanol–water partition coefficient (Wildman–Crippen LogP) is 2.81. The lowest BCUT2D eigenvalue weighted by Crippen LogP contribution is -2.56. The van der Waals surface area contributed by atoms with Gasteiger partial charge in [-0.15, -0.1) is 0 Å². The van der Waals surface area contributed by atoms with Gasteiger partial charge in [0.2, 0.25) is 11.8 Å². The van der Waals surface area contributed by atoms with Gasteiger partial charge in [0.15, 0.2) is 0 Å². The molecule has 10 nitrogen and oxygen atoms in total. The van der Waals surface area contributed by atoms with E-state index in [0.29, 0.717) is 25.9 Å². The summed E-state index contributed by atoms with van der Waals surface area (Å²) in [6, 6.07) is 11.6. The van der Waals surface area contributed by atoms with Crippen LogP contribution in [-0.2, 0) is 11.2 Å². The van der Waals surface area contributed by atoms with E-state index in [0.717, 1.165) is 24.8 Å². The summed E-state index contributed by atoms with van der Waals surface area (Å²) in [4.78, 5) is 52.6. The molecule has 6 N–H and O–H groups in total. The molecule has 2 rings (SSSR count). The Morgan fingerprint density at radius 3 is 1.93 bits per heavy atom. The average molecular weight is 583 g/mol. The zero-order valence-electron chi connectivity index (χ0n) is 25.1. The first-order valence-electron chi connectivity index (χ1n) is 14.7. The fourth-order valence-corrected chi connectivity index (χ4v) is 4.93. The second kappa shape index (κ2) is 17.3. The molecule has 0 heterocycles. The number of nitrogens with two attached hydrogens (primary N) is 1. The molecule has 0 aliphatic carbocycles. The number of rotatable bonds is 17. The highest BCUT2D eigenvalue weighted by molar-refractivity contribution is 6.04. The number of aliphatic hydroxyl groups is 2. The van der Waals surface area contributed by atoms with Crippen LogP contribution in [0.25, 0.3) is 0 Å². The Morgan fingerprint density at radius 2 is 1.38 bits per heavy atom. The minimum atomic E-state index is -1.45. The van der Waals surface area contributed by atoms with Gasteiger partial charge in [0.25, 0.3) is 11.8 Å². The van der Waals surface area contributed by atoms with Crippen LogP contribution in [0.4, 0.5) is 0 Å². The van der Waals surface area contributed by atoms with Crippen LogP contribution in [0.2, 0.25) is 0 Å². The van der Waals surface area contributed by atoms with Gasteiger partial charge < -0.3 is 31.5 Å². The van der Waals surface area contributed by atoms with E-state index in [1.54, 1.807) is 4.90 Å². The SMILES string of the molecule is CCCC[C@@H](NC(C)=O)[C@@H](O)[C@H](O)[C@H](Cc1ccccc1)NC(=O)c1cc(C(N)=O)cc(C(=O)N(CCC)CCC)c1. The Balaban J connectivity index is 2.45. The lowest BCUT2D eigenvalue weighted by molar-refractivity contribution is -0.121. The van der Waals surface area contributed by atoms with Crippen molar-refractivity contribution in [3.63, 3.8) is 0 Å². The summed E-state index contributed by atoms with van der Waals surface area (Å²) >= 11 is 0. The Kier molecular flexibility index (Phi) is 14.1. The van der Waals surface area contributed by atoms with Crippen molar-refractivity contribution < 1.29 is 29.4 Å². The number of hydrogen-bond donors (Lipinski definition) is 5. The highest BCUT2D eigenvalue weighted by atomic mass is 16.3. The molecule has 0 saturated heterocycles. The van der Waals surface area contributed by atoms with Crippen molar-refractivity contribution in [1.29, 1.82) is 0 Å². The van der Waals surface area contributed by atoms with Gasteiger partial charge >= 0.3 is 0 Å². The number of carbonyl (C=O) groups excluding carboxylic acids is 4. The summed E-state index contributed by atoms with van der Waals surface area (Å²) in [5, 5.41) is 28.0. The minimum Gasteiger partial charge on any atom is -0.388 e. The molecule has 10 heteroatoms. The van der Waals surface area contributed by atoms with Crippen LogP contribution in [0.3, 0.4) is 0 Å². The molecule has 0 saturated carbocycles. The van der Waals surface area contributed by atoms with Crippen molar-refractivity contribution in [3.8, 4) is 0 Å². The molecule has 0 aliphatic rings. The third-order valence-electron chi connectivity index (χ3n) is 7.05. The molecule has 0 fully saturated rings. The van der Waals surface area contributed by atoms with E-state index in [9.17, 15) is 29.4 Å². The standard InChI is InChI=1S/C32H46N4O6/c1-5-8-14-26(34-21(4)37)28(38)29(39)27(17-22-12-10-9-11-13-22)35-31(41)24-18-23(30(33)40)19-25(20-24)32(42)36(15-6-2)16-7-3/h9-13,18-20,26-29,38-39H,5-8,14-17H2,1-4H3,(H2,33,40)(H,34,37)(H,35,41)/t26-,27+,28-,29-/m1/s1. The van der Waals surface area contributed by atoms with Crippen molar-refractivity contribution in [3.05, 3.63) is 70.8 Å². The number of amides is 4. The second-order valence-corrected chi connectivity index (χ2v) is 10.7. The molecule has 42 heavy (non-hydrogen) atoms. The monoisotopic (exact) mass is 582 g/mol. The summed E-state index contributed by atoms with van der Waals surface area (Å²) in [5.41, 5.74) is 6.53. The van der Waals surface area contributed by atoms with Crippen LogP contribution in [0.15, 0.2) is 48.5 Å². The molecule has 0 aliphatic heterocycles. The quantitative estimate of drug-likeness (QED) is 0.193. The first-order chi connectivity index (χ1) is 20.0. The van der Waals surface area contributed by atoms with Gasteiger partial charge in [0, 0.05) is 36.7 Å². The zero-order valence-corrected chi connectivity index (χ0v) is 25.1. The van der Waals surface area contributed by atoms with Crippen molar-refractivity contribution in [2.75, 3.05) is 13.1 Å². The van der Waals surface area contributed by atoms with Gasteiger partial charge in [-0.25, -0.2) is 0 Å². The fraction of sp³-hybridized carbons (Fsp3) is 0.500. The van der Waals surface area contributed by atoms with Crippen molar-refractivity contribution in [2.45, 2.75) is 90.5 Å². The first kappa shape index (κ1) is 34.4. The molecule has 2 aromatic rings. The number of nitrogens with one attached hydrogen (secondary N) is 2. The number of unbranched alkanes of at least 4 members (excludes halogenated alkanes) is 1. The third kappa shape index (κ3) is 10.3. The van der Waals surface area contributed by atoms with Gasteiger partial charge in [0.05, 0.1) is 12.1 Å². The molecule has 0 spiro atoms. The Hall–Kier alpha value is -3.76. The number of hydrogen-bond acceptors (Lipinski definition) is 6. The second-order valence-electron chi connectivity index (χ2n) is 10.7. The highest BCUT2D eigenvalue weighted by Crippen LogP contribution is 2.18. The number of benzene rings is 2. The van der Waals surface area contributed by atoms with Crippen molar-refractivity contribution in [1.82, 2.24) is 15.5 Å². The predicted molar refractivity (Wildman–Crippen MR) is 162 cm³/mol. The maximum absolute atomic E-state index is 13.6. The van der Waals surface area contributed by atoms with Gasteiger partial charge in [-0.1, -0.05) is 63.9 Å². The van der Waals surface area contributed by atoms with Crippen molar-refractivity contribution in [2.24, 2.45) is 5.73 Å². The van der Waals surface area contributed by atoms with E-state index in [1.807, 2.05) is 51.1 Å². The fourth-order valence-electron chi connectivity index (χ4n) is 4.93. The molecular formula is C32H46N4O6. The maximum atomic E-state index is 13.6. The van der Waals surface area contributed by atoms with E-state index in [2.05, 4.69) is 10.6 Å². The van der Waals surface area contributed by atoms with Crippen LogP contribution >= 0.6 is 0 Å². The van der Waals surface area contributed by atoms with Crippen molar-refractivity contribution >= 4 is 23.6 Å². The summed E-state index contributed by atoms with van der Waals surface area (Å²) in [7, 11) is 0. The van der Waals surface area contributed by atoms with Gasteiger partial charge in [0.1, 0.15) is 12.2 Å². The van der Waals surface area contributed by atoms with Crippen LogP contribution in [0.1, 0.15) is 96.4 Å². The van der Waals surface area contributed by atoms with E-state index < -0.39 is 36.1 Å². The van der Waals surface area contributed by atoms with Crippen LogP contribution in [0, 0.1) is 0 Å². The number of aliphatic hydroxyl groups excluding tert-OH is 2. The lowest BCUT2D eigenvalue weighted by Gasteiger charge is -2.33.